The van der Waals surface area contributed by atoms with Crippen molar-refractivity contribution in [1.82, 2.24) is 4.57 Å². The van der Waals surface area contributed by atoms with Gasteiger partial charge >= 0.3 is 0 Å². The summed E-state index contributed by atoms with van der Waals surface area (Å²) in [6.45, 7) is 4.82. The molecule has 1 atom stereocenters. The highest BCUT2D eigenvalue weighted by molar-refractivity contribution is 5.33. The number of pyridine rings is 1. The maximum atomic E-state index is 12.3. The first-order chi connectivity index (χ1) is 10.1. The molecule has 1 unspecified atom stereocenters. The SMILES string of the molecule is Cc1ccc(C)c(Cn2c3c(ccc2=O)C(N)CCC3)c1. The fraction of sp³-hybridized carbons (Fsp3) is 0.389. The summed E-state index contributed by atoms with van der Waals surface area (Å²) < 4.78 is 1.91. The van der Waals surface area contributed by atoms with Gasteiger partial charge in [-0.1, -0.05) is 29.8 Å². The lowest BCUT2D eigenvalue weighted by molar-refractivity contribution is 0.529. The summed E-state index contributed by atoms with van der Waals surface area (Å²) in [5, 5.41) is 0. The van der Waals surface area contributed by atoms with E-state index in [9.17, 15) is 4.79 Å². The molecule has 1 aromatic heterocycles. The molecule has 0 saturated heterocycles. The van der Waals surface area contributed by atoms with Crippen LogP contribution in [0.1, 0.15) is 46.8 Å². The minimum atomic E-state index is 0.0687. The third-order valence-corrected chi connectivity index (χ3v) is 4.49. The fourth-order valence-corrected chi connectivity index (χ4v) is 3.21. The van der Waals surface area contributed by atoms with Crippen LogP contribution in [0, 0.1) is 13.8 Å². The molecule has 0 aliphatic heterocycles. The maximum Gasteiger partial charge on any atom is 0.251 e. The molecule has 0 saturated carbocycles. The van der Waals surface area contributed by atoms with Crippen molar-refractivity contribution in [2.75, 3.05) is 0 Å². The Morgan fingerprint density at radius 1 is 1.24 bits per heavy atom. The van der Waals surface area contributed by atoms with E-state index in [0.717, 1.165) is 30.5 Å². The van der Waals surface area contributed by atoms with E-state index in [0.29, 0.717) is 6.54 Å². The molecular formula is C18H22N2O. The van der Waals surface area contributed by atoms with Gasteiger partial charge in [-0.15, -0.1) is 0 Å². The van der Waals surface area contributed by atoms with Gasteiger partial charge in [0.25, 0.3) is 5.56 Å². The number of hydrogen-bond acceptors (Lipinski definition) is 2. The first kappa shape index (κ1) is 14.1. The lowest BCUT2D eigenvalue weighted by Crippen LogP contribution is -2.29. The van der Waals surface area contributed by atoms with Crippen LogP contribution in [0.25, 0.3) is 0 Å². The van der Waals surface area contributed by atoms with E-state index in [1.165, 1.54) is 16.7 Å². The Labute approximate surface area is 125 Å². The molecule has 2 N–H and O–H groups in total. The Morgan fingerprint density at radius 2 is 2.05 bits per heavy atom. The second-order valence-corrected chi connectivity index (χ2v) is 6.09. The largest absolute Gasteiger partial charge is 0.324 e. The molecule has 1 aromatic carbocycles. The summed E-state index contributed by atoms with van der Waals surface area (Å²) in [6, 6.07) is 10.0. The van der Waals surface area contributed by atoms with Crippen molar-refractivity contribution in [2.24, 2.45) is 5.73 Å². The van der Waals surface area contributed by atoms with Gasteiger partial charge in [0.2, 0.25) is 0 Å². The topological polar surface area (TPSA) is 48.0 Å². The number of hydrogen-bond donors (Lipinski definition) is 1. The van der Waals surface area contributed by atoms with Crippen LogP contribution in [0.15, 0.2) is 35.1 Å². The second-order valence-electron chi connectivity index (χ2n) is 6.09. The van der Waals surface area contributed by atoms with Gasteiger partial charge in [0.1, 0.15) is 0 Å². The van der Waals surface area contributed by atoms with E-state index in [4.69, 9.17) is 5.73 Å². The highest BCUT2D eigenvalue weighted by atomic mass is 16.1. The molecule has 0 amide bonds. The van der Waals surface area contributed by atoms with E-state index >= 15 is 0 Å². The molecule has 0 fully saturated rings. The molecule has 3 heteroatoms. The monoisotopic (exact) mass is 282 g/mol. The van der Waals surface area contributed by atoms with E-state index in [1.54, 1.807) is 6.07 Å². The Balaban J connectivity index is 2.08. The Hall–Kier alpha value is -1.87. The van der Waals surface area contributed by atoms with Gasteiger partial charge in [0.15, 0.2) is 0 Å². The normalized spacial score (nSPS) is 17.6. The zero-order valence-electron chi connectivity index (χ0n) is 12.7. The van der Waals surface area contributed by atoms with Crippen LogP contribution in [0.4, 0.5) is 0 Å². The van der Waals surface area contributed by atoms with Gasteiger partial charge in [-0.05, 0) is 49.8 Å². The lowest BCUT2D eigenvalue weighted by atomic mass is 9.91. The number of nitrogens with zero attached hydrogens (tertiary/aromatic N) is 1. The molecule has 110 valence electrons. The highest BCUT2D eigenvalue weighted by Gasteiger charge is 2.20. The lowest BCUT2D eigenvalue weighted by Gasteiger charge is -2.25. The van der Waals surface area contributed by atoms with Crippen LogP contribution in [0.2, 0.25) is 0 Å². The summed E-state index contributed by atoms with van der Waals surface area (Å²) in [5.74, 6) is 0. The maximum absolute atomic E-state index is 12.3. The Kier molecular flexibility index (Phi) is 3.68. The second kappa shape index (κ2) is 5.49. The predicted molar refractivity (Wildman–Crippen MR) is 85.6 cm³/mol. The van der Waals surface area contributed by atoms with Gasteiger partial charge in [0.05, 0.1) is 6.54 Å². The minimum Gasteiger partial charge on any atom is -0.324 e. The van der Waals surface area contributed by atoms with Crippen molar-refractivity contribution in [1.29, 1.82) is 0 Å². The van der Waals surface area contributed by atoms with Crippen LogP contribution in [0.3, 0.4) is 0 Å². The van der Waals surface area contributed by atoms with Crippen molar-refractivity contribution in [3.05, 3.63) is 68.6 Å². The number of aryl methyl sites for hydroxylation is 2. The smallest absolute Gasteiger partial charge is 0.251 e. The first-order valence-electron chi connectivity index (χ1n) is 7.60. The number of rotatable bonds is 2. The summed E-state index contributed by atoms with van der Waals surface area (Å²) in [4.78, 5) is 12.3. The molecule has 1 aliphatic rings. The van der Waals surface area contributed by atoms with Crippen molar-refractivity contribution in [2.45, 2.75) is 45.7 Å². The van der Waals surface area contributed by atoms with Gasteiger partial charge in [-0.25, -0.2) is 0 Å². The third-order valence-electron chi connectivity index (χ3n) is 4.49. The summed E-state index contributed by atoms with van der Waals surface area (Å²) in [7, 11) is 0. The molecular weight excluding hydrogens is 260 g/mol. The van der Waals surface area contributed by atoms with E-state index < -0.39 is 0 Å². The number of fused-ring (bicyclic) bond motifs is 1. The van der Waals surface area contributed by atoms with E-state index in [1.807, 2.05) is 10.6 Å². The molecule has 3 nitrogen and oxygen atoms in total. The summed E-state index contributed by atoms with van der Waals surface area (Å²) in [5.41, 5.74) is 12.2. The van der Waals surface area contributed by atoms with Crippen LogP contribution < -0.4 is 11.3 Å². The first-order valence-corrected chi connectivity index (χ1v) is 7.60. The quantitative estimate of drug-likeness (QED) is 0.920. The predicted octanol–water partition coefficient (Wildman–Crippen LogP) is 2.85. The number of aromatic nitrogens is 1. The van der Waals surface area contributed by atoms with Crippen LogP contribution in [-0.2, 0) is 13.0 Å². The zero-order valence-corrected chi connectivity index (χ0v) is 12.7. The Bertz CT molecular complexity index is 730. The fourth-order valence-electron chi connectivity index (χ4n) is 3.21. The van der Waals surface area contributed by atoms with Gasteiger partial charge in [0, 0.05) is 17.8 Å². The van der Waals surface area contributed by atoms with E-state index in [2.05, 4.69) is 32.0 Å². The standard InChI is InChI=1S/C18H22N2O/c1-12-6-7-13(2)14(10-12)11-20-17-5-3-4-16(19)15(17)8-9-18(20)21/h6-10,16H,3-5,11,19H2,1-2H3. The highest BCUT2D eigenvalue weighted by Crippen LogP contribution is 2.27. The zero-order chi connectivity index (χ0) is 15.0. The third kappa shape index (κ3) is 2.66. The van der Waals surface area contributed by atoms with Crippen LogP contribution in [-0.4, -0.2) is 4.57 Å². The van der Waals surface area contributed by atoms with Crippen molar-refractivity contribution in [3.8, 4) is 0 Å². The van der Waals surface area contributed by atoms with Crippen LogP contribution >= 0.6 is 0 Å². The number of nitrogens with two attached hydrogens (primary N) is 1. The van der Waals surface area contributed by atoms with Crippen molar-refractivity contribution in [3.63, 3.8) is 0 Å². The molecule has 2 aromatic rings. The van der Waals surface area contributed by atoms with Gasteiger partial charge in [-0.3, -0.25) is 4.79 Å². The molecule has 1 heterocycles. The molecule has 0 radical (unpaired) electrons. The van der Waals surface area contributed by atoms with Gasteiger partial charge in [-0.2, -0.15) is 0 Å². The average molecular weight is 282 g/mol. The van der Waals surface area contributed by atoms with Gasteiger partial charge < -0.3 is 10.3 Å². The molecule has 0 spiro atoms. The Morgan fingerprint density at radius 3 is 2.86 bits per heavy atom. The van der Waals surface area contributed by atoms with Crippen LogP contribution in [0.5, 0.6) is 0 Å². The summed E-state index contributed by atoms with van der Waals surface area (Å²) >= 11 is 0. The van der Waals surface area contributed by atoms with Crippen molar-refractivity contribution >= 4 is 0 Å². The number of benzene rings is 1. The minimum absolute atomic E-state index is 0.0687. The molecule has 0 bridgehead atoms. The molecule has 21 heavy (non-hydrogen) atoms. The average Bonchev–Trinajstić information content (AvgIpc) is 2.46. The summed E-state index contributed by atoms with van der Waals surface area (Å²) in [6.07, 6.45) is 3.02. The van der Waals surface area contributed by atoms with Crippen molar-refractivity contribution < 1.29 is 0 Å². The molecule has 1 aliphatic carbocycles. The van der Waals surface area contributed by atoms with E-state index in [-0.39, 0.29) is 11.6 Å². The molecule has 3 rings (SSSR count).